The molecule has 0 aliphatic carbocycles. The first-order chi connectivity index (χ1) is 12.1. The predicted octanol–water partition coefficient (Wildman–Crippen LogP) is 1.10. The first kappa shape index (κ1) is 16.8. The molecule has 3 N–H and O–H groups in total. The summed E-state index contributed by atoms with van der Waals surface area (Å²) < 4.78 is 1.15. The van der Waals surface area contributed by atoms with Crippen molar-refractivity contribution in [2.45, 2.75) is 31.1 Å². The third-order valence-corrected chi connectivity index (χ3v) is 6.55. The Morgan fingerprint density at radius 3 is 2.92 bits per heavy atom. The summed E-state index contributed by atoms with van der Waals surface area (Å²) in [6.45, 7) is 0.696. The third kappa shape index (κ3) is 2.91. The molecule has 2 saturated heterocycles. The average molecular weight is 380 g/mol. The summed E-state index contributed by atoms with van der Waals surface area (Å²) >= 11 is 8.11. The molecule has 0 bridgehead atoms. The molecule has 0 spiro atoms. The Balaban J connectivity index is 1.45. The normalized spacial score (nSPS) is 26.2. The van der Waals surface area contributed by atoms with Gasteiger partial charge in [0.05, 0.1) is 11.6 Å². The Morgan fingerprint density at radius 2 is 2.16 bits per heavy atom. The van der Waals surface area contributed by atoms with Crippen molar-refractivity contribution >= 4 is 44.8 Å². The van der Waals surface area contributed by atoms with Crippen LogP contribution >= 0.6 is 22.9 Å². The zero-order valence-corrected chi connectivity index (χ0v) is 14.9. The van der Waals surface area contributed by atoms with Gasteiger partial charge in [-0.1, -0.05) is 29.8 Å². The second kappa shape index (κ2) is 6.57. The van der Waals surface area contributed by atoms with E-state index in [1.807, 2.05) is 24.3 Å². The zero-order valence-electron chi connectivity index (χ0n) is 13.4. The molecule has 8 heteroatoms. The van der Waals surface area contributed by atoms with Gasteiger partial charge in [-0.3, -0.25) is 9.59 Å². The lowest BCUT2D eigenvalue weighted by molar-refractivity contribution is -0.148. The Hall–Kier alpha value is -1.67. The molecule has 132 valence electrons. The van der Waals surface area contributed by atoms with Gasteiger partial charge in [-0.05, 0) is 12.5 Å². The number of rotatable bonds is 4. The van der Waals surface area contributed by atoms with E-state index < -0.39 is 12.1 Å². The summed E-state index contributed by atoms with van der Waals surface area (Å²) in [5.74, 6) is -0.404. The molecule has 3 heterocycles. The fourth-order valence-electron chi connectivity index (χ4n) is 3.54. The van der Waals surface area contributed by atoms with Crippen LogP contribution in [0.4, 0.5) is 0 Å². The molecule has 2 amide bonds. The van der Waals surface area contributed by atoms with E-state index in [1.165, 1.54) is 0 Å². The van der Waals surface area contributed by atoms with E-state index in [9.17, 15) is 14.7 Å². The summed E-state index contributed by atoms with van der Waals surface area (Å²) in [5.41, 5.74) is 0. The molecule has 4 rings (SSSR count). The molecule has 2 aliphatic rings. The molecule has 0 saturated carbocycles. The van der Waals surface area contributed by atoms with Crippen molar-refractivity contribution in [3.63, 3.8) is 0 Å². The summed E-state index contributed by atoms with van der Waals surface area (Å²) in [5, 5.41) is 17.0. The van der Waals surface area contributed by atoms with Crippen LogP contribution in [-0.2, 0) is 16.1 Å². The number of piperazine rings is 1. The Labute approximate surface area is 153 Å². The average Bonchev–Trinajstić information content (AvgIpc) is 3.19. The molecule has 2 aromatic rings. The van der Waals surface area contributed by atoms with Gasteiger partial charge >= 0.3 is 0 Å². The Morgan fingerprint density at radius 1 is 1.36 bits per heavy atom. The van der Waals surface area contributed by atoms with Gasteiger partial charge in [0.1, 0.15) is 12.1 Å². The van der Waals surface area contributed by atoms with Gasteiger partial charge in [0.2, 0.25) is 11.8 Å². The smallest absolute Gasteiger partial charge is 0.248 e. The number of fused-ring (bicyclic) bond motifs is 2. The predicted molar refractivity (Wildman–Crippen MR) is 96.6 cm³/mol. The quantitative estimate of drug-likeness (QED) is 0.743. The van der Waals surface area contributed by atoms with Gasteiger partial charge in [0.25, 0.3) is 0 Å². The van der Waals surface area contributed by atoms with Crippen molar-refractivity contribution < 1.29 is 14.7 Å². The van der Waals surface area contributed by atoms with Crippen molar-refractivity contribution in [1.82, 2.24) is 15.5 Å². The highest BCUT2D eigenvalue weighted by Gasteiger charge is 2.46. The lowest BCUT2D eigenvalue weighted by Crippen LogP contribution is -2.62. The molecule has 1 aromatic carbocycles. The fraction of sp³-hybridized carbons (Fsp3) is 0.412. The number of aliphatic hydroxyl groups is 1. The minimum atomic E-state index is -0.820. The van der Waals surface area contributed by atoms with E-state index in [2.05, 4.69) is 10.6 Å². The van der Waals surface area contributed by atoms with Crippen molar-refractivity contribution in [3.05, 3.63) is 34.2 Å². The molecule has 2 aliphatic heterocycles. The number of carbonyl (C=O) groups is 2. The van der Waals surface area contributed by atoms with E-state index in [0.717, 1.165) is 20.0 Å². The first-order valence-electron chi connectivity index (χ1n) is 8.19. The fourth-order valence-corrected chi connectivity index (χ4v) is 5.00. The van der Waals surface area contributed by atoms with Crippen molar-refractivity contribution in [2.75, 3.05) is 13.2 Å². The number of halogens is 1. The van der Waals surface area contributed by atoms with Crippen molar-refractivity contribution in [3.8, 4) is 0 Å². The van der Waals surface area contributed by atoms with E-state index >= 15 is 0 Å². The number of thiophene rings is 1. The minimum absolute atomic E-state index is 0.0263. The van der Waals surface area contributed by atoms with Gasteiger partial charge in [0.15, 0.2) is 0 Å². The standard InChI is InChI=1S/C17H18ClN3O3S/c18-15-10-3-1-2-4-13(10)25-14(15)6-19-9-5-12-16(23)20-11(8-22)17(24)21(12)7-9/h1-4,9,11-12,19,22H,5-8H2,(H,20,23)/t9-,11-,12-/m0/s1. The first-order valence-corrected chi connectivity index (χ1v) is 9.39. The Kier molecular flexibility index (Phi) is 4.41. The lowest BCUT2D eigenvalue weighted by atomic mass is 10.1. The molecule has 0 unspecified atom stereocenters. The molecular weight excluding hydrogens is 362 g/mol. The number of amides is 2. The van der Waals surface area contributed by atoms with Gasteiger partial charge in [-0.15, -0.1) is 11.3 Å². The van der Waals surface area contributed by atoms with Crippen LogP contribution in [0.5, 0.6) is 0 Å². The summed E-state index contributed by atoms with van der Waals surface area (Å²) in [6, 6.07) is 6.76. The number of nitrogens with zero attached hydrogens (tertiary/aromatic N) is 1. The highest BCUT2D eigenvalue weighted by molar-refractivity contribution is 7.19. The largest absolute Gasteiger partial charge is 0.394 e. The SMILES string of the molecule is O=C1N[C@@H](CO)C(=O)N2C[C@@H](NCc3sc4ccccc4c3Cl)C[C@@H]12. The molecule has 0 radical (unpaired) electrons. The zero-order chi connectivity index (χ0) is 17.6. The summed E-state index contributed by atoms with van der Waals surface area (Å²) in [6.07, 6.45) is 0.568. The maximum absolute atomic E-state index is 12.3. The van der Waals surface area contributed by atoms with Crippen LogP contribution in [0.3, 0.4) is 0 Å². The maximum atomic E-state index is 12.3. The van der Waals surface area contributed by atoms with E-state index in [0.29, 0.717) is 19.5 Å². The number of hydrogen-bond donors (Lipinski definition) is 3. The van der Waals surface area contributed by atoms with E-state index in [4.69, 9.17) is 11.6 Å². The van der Waals surface area contributed by atoms with E-state index in [-0.39, 0.29) is 24.5 Å². The van der Waals surface area contributed by atoms with Crippen molar-refractivity contribution in [1.29, 1.82) is 0 Å². The van der Waals surface area contributed by atoms with Crippen molar-refractivity contribution in [2.24, 2.45) is 0 Å². The highest BCUT2D eigenvalue weighted by atomic mass is 35.5. The van der Waals surface area contributed by atoms with Crippen LogP contribution in [0, 0.1) is 0 Å². The van der Waals surface area contributed by atoms with Gasteiger partial charge in [0, 0.05) is 34.1 Å². The minimum Gasteiger partial charge on any atom is -0.394 e. The molecule has 2 fully saturated rings. The second-order valence-electron chi connectivity index (χ2n) is 6.40. The molecular formula is C17H18ClN3O3S. The Bertz CT molecular complexity index is 840. The van der Waals surface area contributed by atoms with Crippen LogP contribution in [0.25, 0.3) is 10.1 Å². The number of hydrogen-bond acceptors (Lipinski definition) is 5. The monoisotopic (exact) mass is 379 g/mol. The summed E-state index contributed by atoms with van der Waals surface area (Å²) in [7, 11) is 0. The summed E-state index contributed by atoms with van der Waals surface area (Å²) in [4.78, 5) is 27.0. The molecule has 6 nitrogen and oxygen atoms in total. The lowest BCUT2D eigenvalue weighted by Gasteiger charge is -2.33. The topological polar surface area (TPSA) is 81.7 Å². The van der Waals surface area contributed by atoms with Gasteiger partial charge in [-0.2, -0.15) is 0 Å². The van der Waals surface area contributed by atoms with Crippen LogP contribution in [0.15, 0.2) is 24.3 Å². The highest BCUT2D eigenvalue weighted by Crippen LogP contribution is 2.35. The van der Waals surface area contributed by atoms with Crippen LogP contribution < -0.4 is 10.6 Å². The molecule has 25 heavy (non-hydrogen) atoms. The number of nitrogens with one attached hydrogen (secondary N) is 2. The van der Waals surface area contributed by atoms with Gasteiger partial charge < -0.3 is 20.6 Å². The number of carbonyl (C=O) groups excluding carboxylic acids is 2. The third-order valence-electron chi connectivity index (χ3n) is 4.84. The number of aliphatic hydroxyl groups excluding tert-OH is 1. The van der Waals surface area contributed by atoms with Crippen LogP contribution in [0.1, 0.15) is 11.3 Å². The van der Waals surface area contributed by atoms with E-state index in [1.54, 1.807) is 16.2 Å². The maximum Gasteiger partial charge on any atom is 0.248 e. The molecule has 1 aromatic heterocycles. The second-order valence-corrected chi connectivity index (χ2v) is 7.91. The molecule has 3 atom stereocenters. The van der Waals surface area contributed by atoms with Gasteiger partial charge in [-0.25, -0.2) is 0 Å². The number of benzene rings is 1. The van der Waals surface area contributed by atoms with Crippen LogP contribution in [0.2, 0.25) is 5.02 Å². The van der Waals surface area contributed by atoms with Crippen LogP contribution in [-0.4, -0.2) is 53.1 Å².